The molecule has 5 nitrogen and oxygen atoms in total. The highest BCUT2D eigenvalue weighted by atomic mass is 35.5. The van der Waals surface area contributed by atoms with Crippen molar-refractivity contribution in [2.45, 2.75) is 13.0 Å². The number of nitro groups is 1. The maximum Gasteiger partial charge on any atom is 0.282 e. The van der Waals surface area contributed by atoms with Crippen molar-refractivity contribution < 1.29 is 9.72 Å². The molecule has 1 N–H and O–H groups in total. The van der Waals surface area contributed by atoms with Gasteiger partial charge in [-0.2, -0.15) is 0 Å². The zero-order valence-corrected chi connectivity index (χ0v) is 9.90. The van der Waals surface area contributed by atoms with Gasteiger partial charge in [-0.05, 0) is 19.1 Å². The summed E-state index contributed by atoms with van der Waals surface area (Å²) in [6, 6.07) is 3.56. The van der Waals surface area contributed by atoms with Crippen LogP contribution >= 0.6 is 11.6 Å². The van der Waals surface area contributed by atoms with Crippen molar-refractivity contribution in [3.05, 3.63) is 51.6 Å². The van der Waals surface area contributed by atoms with E-state index in [0.29, 0.717) is 0 Å². The predicted octanol–water partition coefficient (Wildman–Crippen LogP) is 2.55. The zero-order chi connectivity index (χ0) is 13.0. The molecule has 1 aromatic carbocycles. The van der Waals surface area contributed by atoms with E-state index in [1.54, 1.807) is 6.92 Å². The molecule has 90 valence electrons. The van der Waals surface area contributed by atoms with Crippen LogP contribution in [0.5, 0.6) is 0 Å². The van der Waals surface area contributed by atoms with Crippen LogP contribution in [0, 0.1) is 10.1 Å². The van der Waals surface area contributed by atoms with E-state index in [4.69, 9.17) is 11.6 Å². The fourth-order valence-corrected chi connectivity index (χ4v) is 1.36. The zero-order valence-electron chi connectivity index (χ0n) is 9.14. The number of nitro benzene ring substituents is 1. The van der Waals surface area contributed by atoms with Crippen LogP contribution in [-0.2, 0) is 0 Å². The van der Waals surface area contributed by atoms with Crippen LogP contribution in [0.3, 0.4) is 0 Å². The molecule has 0 heterocycles. The molecule has 1 rings (SSSR count). The number of nitrogens with zero attached hydrogens (tertiary/aromatic N) is 1. The molecule has 0 aliphatic carbocycles. The second kappa shape index (κ2) is 5.45. The topological polar surface area (TPSA) is 72.2 Å². The third kappa shape index (κ3) is 3.29. The number of hydrogen-bond acceptors (Lipinski definition) is 3. The summed E-state index contributed by atoms with van der Waals surface area (Å²) in [5.74, 6) is -0.549. The minimum atomic E-state index is -0.621. The van der Waals surface area contributed by atoms with E-state index in [0.717, 1.165) is 0 Å². The highest BCUT2D eigenvalue weighted by molar-refractivity contribution is 6.31. The Kier molecular flexibility index (Phi) is 4.23. The maximum atomic E-state index is 11.8. The van der Waals surface area contributed by atoms with E-state index in [2.05, 4.69) is 11.9 Å². The Balaban J connectivity index is 3.10. The summed E-state index contributed by atoms with van der Waals surface area (Å²) < 4.78 is 0. The number of rotatable bonds is 4. The van der Waals surface area contributed by atoms with Crippen molar-refractivity contribution in [2.75, 3.05) is 0 Å². The van der Waals surface area contributed by atoms with Gasteiger partial charge in [-0.25, -0.2) is 0 Å². The normalized spacial score (nSPS) is 11.6. The molecule has 1 amide bonds. The fourth-order valence-electron chi connectivity index (χ4n) is 1.19. The quantitative estimate of drug-likeness (QED) is 0.510. The molecule has 0 aliphatic rings. The van der Waals surface area contributed by atoms with E-state index in [1.165, 1.54) is 24.3 Å². The Labute approximate surface area is 103 Å². The number of hydrogen-bond donors (Lipinski definition) is 1. The molecule has 0 bridgehead atoms. The molecule has 0 spiro atoms. The van der Waals surface area contributed by atoms with Crippen LogP contribution in [0.1, 0.15) is 17.3 Å². The number of nitrogens with one attached hydrogen (secondary N) is 1. The van der Waals surface area contributed by atoms with Crippen LogP contribution < -0.4 is 5.32 Å². The number of benzene rings is 1. The van der Waals surface area contributed by atoms with Crippen molar-refractivity contribution in [1.82, 2.24) is 5.32 Å². The minimum absolute atomic E-state index is 0.0591. The maximum absolute atomic E-state index is 11.8. The average molecular weight is 255 g/mol. The highest BCUT2D eigenvalue weighted by Crippen LogP contribution is 2.22. The van der Waals surface area contributed by atoms with Gasteiger partial charge < -0.3 is 5.32 Å². The van der Waals surface area contributed by atoms with Gasteiger partial charge in [0.25, 0.3) is 11.6 Å². The number of halogens is 1. The van der Waals surface area contributed by atoms with Gasteiger partial charge in [0.1, 0.15) is 5.56 Å². The van der Waals surface area contributed by atoms with Crippen LogP contribution in [0.15, 0.2) is 30.9 Å². The molecule has 0 radical (unpaired) electrons. The minimum Gasteiger partial charge on any atom is -0.346 e. The van der Waals surface area contributed by atoms with E-state index < -0.39 is 10.8 Å². The summed E-state index contributed by atoms with van der Waals surface area (Å²) >= 11 is 5.71. The second-order valence-corrected chi connectivity index (χ2v) is 3.85. The van der Waals surface area contributed by atoms with Gasteiger partial charge in [0.15, 0.2) is 0 Å². The summed E-state index contributed by atoms with van der Waals surface area (Å²) in [5.41, 5.74) is -0.334. The largest absolute Gasteiger partial charge is 0.346 e. The predicted molar refractivity (Wildman–Crippen MR) is 65.2 cm³/mol. The molecule has 6 heteroatoms. The Morgan fingerprint density at radius 2 is 2.29 bits per heavy atom. The Morgan fingerprint density at radius 1 is 1.65 bits per heavy atom. The Morgan fingerprint density at radius 3 is 2.82 bits per heavy atom. The first-order chi connectivity index (χ1) is 7.95. The van der Waals surface area contributed by atoms with Crippen molar-refractivity contribution in [1.29, 1.82) is 0 Å². The SMILES string of the molecule is C=CC(C)NC(=O)c1cc(Cl)ccc1[N+](=O)[O-]. The van der Waals surface area contributed by atoms with E-state index in [1.807, 2.05) is 0 Å². The molecular weight excluding hydrogens is 244 g/mol. The summed E-state index contributed by atoms with van der Waals surface area (Å²) in [4.78, 5) is 21.9. The standard InChI is InChI=1S/C11H11ClN2O3/c1-3-7(2)13-11(15)9-6-8(12)4-5-10(9)14(16)17/h3-7H,1H2,2H3,(H,13,15). The summed E-state index contributed by atoms with van der Waals surface area (Å²) in [7, 11) is 0. The molecule has 1 unspecified atom stereocenters. The van der Waals surface area contributed by atoms with Crippen LogP contribution in [0.4, 0.5) is 5.69 Å². The van der Waals surface area contributed by atoms with E-state index in [-0.39, 0.29) is 22.3 Å². The monoisotopic (exact) mass is 254 g/mol. The first-order valence-corrected chi connectivity index (χ1v) is 5.21. The van der Waals surface area contributed by atoms with Crippen molar-refractivity contribution in [2.24, 2.45) is 0 Å². The van der Waals surface area contributed by atoms with Crippen LogP contribution in [0.25, 0.3) is 0 Å². The smallest absolute Gasteiger partial charge is 0.282 e. The lowest BCUT2D eigenvalue weighted by Crippen LogP contribution is -2.31. The van der Waals surface area contributed by atoms with Crippen molar-refractivity contribution in [3.8, 4) is 0 Å². The lowest BCUT2D eigenvalue weighted by molar-refractivity contribution is -0.385. The van der Waals surface area contributed by atoms with Gasteiger partial charge in [-0.1, -0.05) is 17.7 Å². The first kappa shape index (κ1) is 13.2. The lowest BCUT2D eigenvalue weighted by atomic mass is 10.1. The molecule has 0 saturated carbocycles. The number of carbonyl (C=O) groups is 1. The highest BCUT2D eigenvalue weighted by Gasteiger charge is 2.20. The first-order valence-electron chi connectivity index (χ1n) is 4.83. The summed E-state index contributed by atoms with van der Waals surface area (Å²) in [5, 5.41) is 13.6. The van der Waals surface area contributed by atoms with Crippen molar-refractivity contribution in [3.63, 3.8) is 0 Å². The number of amides is 1. The third-order valence-electron chi connectivity index (χ3n) is 2.11. The summed E-state index contributed by atoms with van der Waals surface area (Å²) in [6.45, 7) is 5.22. The van der Waals surface area contributed by atoms with E-state index in [9.17, 15) is 14.9 Å². The van der Waals surface area contributed by atoms with Gasteiger partial charge in [0, 0.05) is 17.1 Å². The Bertz CT molecular complexity index is 474. The van der Waals surface area contributed by atoms with Gasteiger partial charge in [-0.15, -0.1) is 6.58 Å². The average Bonchev–Trinajstić information content (AvgIpc) is 2.28. The van der Waals surface area contributed by atoms with Crippen LogP contribution in [-0.4, -0.2) is 16.9 Å². The molecule has 0 aliphatic heterocycles. The molecular formula is C11H11ClN2O3. The van der Waals surface area contributed by atoms with Gasteiger partial charge in [0.05, 0.1) is 4.92 Å². The second-order valence-electron chi connectivity index (χ2n) is 3.42. The van der Waals surface area contributed by atoms with Crippen LogP contribution in [0.2, 0.25) is 5.02 Å². The van der Waals surface area contributed by atoms with Crippen molar-refractivity contribution >= 4 is 23.2 Å². The fraction of sp³-hybridized carbons (Fsp3) is 0.182. The molecule has 0 aromatic heterocycles. The molecule has 17 heavy (non-hydrogen) atoms. The van der Waals surface area contributed by atoms with Gasteiger partial charge in [0.2, 0.25) is 0 Å². The molecule has 0 fully saturated rings. The number of carbonyl (C=O) groups excluding carboxylic acids is 1. The Hall–Kier alpha value is -1.88. The molecule has 1 aromatic rings. The molecule has 0 saturated heterocycles. The van der Waals surface area contributed by atoms with E-state index >= 15 is 0 Å². The van der Waals surface area contributed by atoms with Gasteiger partial charge in [-0.3, -0.25) is 14.9 Å². The lowest BCUT2D eigenvalue weighted by Gasteiger charge is -2.09. The molecule has 1 atom stereocenters. The van der Waals surface area contributed by atoms with Gasteiger partial charge >= 0.3 is 0 Å². The third-order valence-corrected chi connectivity index (χ3v) is 2.35. The summed E-state index contributed by atoms with van der Waals surface area (Å²) in [6.07, 6.45) is 1.52.